The Hall–Kier alpha value is -0.120. The number of rotatable bonds is 10. The van der Waals surface area contributed by atoms with Crippen molar-refractivity contribution in [3.8, 4) is 0 Å². The monoisotopic (exact) mass is 230 g/mol. The molecule has 16 heavy (non-hydrogen) atoms. The Morgan fingerprint density at radius 3 is 2.31 bits per heavy atom. The van der Waals surface area contributed by atoms with Crippen LogP contribution in [0, 0.1) is 0 Å². The van der Waals surface area contributed by atoms with Crippen LogP contribution in [0.5, 0.6) is 0 Å². The van der Waals surface area contributed by atoms with E-state index < -0.39 is 0 Å². The summed E-state index contributed by atoms with van der Waals surface area (Å²) in [5.74, 6) is 0. The largest absolute Gasteiger partial charge is 0.396 e. The van der Waals surface area contributed by atoms with E-state index in [0.717, 1.165) is 32.5 Å². The molecule has 0 amide bonds. The predicted octanol–water partition coefficient (Wildman–Crippen LogP) is 1.86. The lowest BCUT2D eigenvalue weighted by Gasteiger charge is -2.30. The lowest BCUT2D eigenvalue weighted by atomic mass is 10.1. The average molecular weight is 230 g/mol. The van der Waals surface area contributed by atoms with Crippen LogP contribution in [0.1, 0.15) is 47.0 Å². The fourth-order valence-electron chi connectivity index (χ4n) is 1.89. The van der Waals surface area contributed by atoms with Crippen molar-refractivity contribution < 1.29 is 5.11 Å². The van der Waals surface area contributed by atoms with E-state index in [0.29, 0.717) is 12.1 Å². The van der Waals surface area contributed by atoms with E-state index in [1.54, 1.807) is 0 Å². The van der Waals surface area contributed by atoms with Gasteiger partial charge >= 0.3 is 0 Å². The van der Waals surface area contributed by atoms with Crippen LogP contribution in [0.3, 0.4) is 0 Å². The van der Waals surface area contributed by atoms with E-state index in [1.165, 1.54) is 6.42 Å². The first-order chi connectivity index (χ1) is 7.65. The molecule has 0 aromatic carbocycles. The van der Waals surface area contributed by atoms with E-state index in [9.17, 15) is 0 Å². The van der Waals surface area contributed by atoms with Gasteiger partial charge in [0.2, 0.25) is 0 Å². The lowest BCUT2D eigenvalue weighted by Crippen LogP contribution is -2.44. The number of nitrogens with zero attached hydrogens (tertiary/aromatic N) is 1. The molecule has 0 bridgehead atoms. The molecule has 3 heteroatoms. The molecule has 0 aliphatic rings. The molecule has 0 aliphatic carbocycles. The number of hydrogen-bond donors (Lipinski definition) is 2. The normalized spacial score (nSPS) is 13.7. The van der Waals surface area contributed by atoms with Crippen LogP contribution in [0.2, 0.25) is 0 Å². The molecule has 2 N–H and O–H groups in total. The third-order valence-electron chi connectivity index (χ3n) is 2.86. The van der Waals surface area contributed by atoms with Crippen LogP contribution in [-0.4, -0.2) is 48.3 Å². The molecule has 1 atom stereocenters. The molecule has 1 unspecified atom stereocenters. The van der Waals surface area contributed by atoms with Gasteiger partial charge in [-0.05, 0) is 46.2 Å². The molecule has 0 spiro atoms. The van der Waals surface area contributed by atoms with E-state index in [-0.39, 0.29) is 6.61 Å². The number of nitrogens with one attached hydrogen (secondary N) is 1. The Bertz CT molecular complexity index is 151. The van der Waals surface area contributed by atoms with Crippen molar-refractivity contribution in [1.29, 1.82) is 0 Å². The molecule has 98 valence electrons. The van der Waals surface area contributed by atoms with E-state index in [1.807, 2.05) is 0 Å². The summed E-state index contributed by atoms with van der Waals surface area (Å²) in [5.41, 5.74) is 0. The first kappa shape index (κ1) is 15.9. The average Bonchev–Trinajstić information content (AvgIpc) is 2.25. The topological polar surface area (TPSA) is 35.5 Å². The van der Waals surface area contributed by atoms with Gasteiger partial charge in [-0.1, -0.05) is 13.8 Å². The zero-order chi connectivity index (χ0) is 12.4. The van der Waals surface area contributed by atoms with Gasteiger partial charge in [-0.2, -0.15) is 0 Å². The number of hydrogen-bond acceptors (Lipinski definition) is 3. The van der Waals surface area contributed by atoms with E-state index in [2.05, 4.69) is 37.9 Å². The molecule has 0 aromatic heterocycles. The standard InChI is InChI=1S/C13H30N2O/c1-5-8-14-13(7-10-16)11-15(9-6-2)12(3)4/h12-14,16H,5-11H2,1-4H3. The Morgan fingerprint density at radius 2 is 1.88 bits per heavy atom. The summed E-state index contributed by atoms with van der Waals surface area (Å²) in [6.07, 6.45) is 3.20. The summed E-state index contributed by atoms with van der Waals surface area (Å²) in [5, 5.41) is 12.6. The van der Waals surface area contributed by atoms with Crippen molar-refractivity contribution in [2.75, 3.05) is 26.2 Å². The molecular formula is C13H30N2O. The third kappa shape index (κ3) is 7.20. The maximum absolute atomic E-state index is 9.06. The summed E-state index contributed by atoms with van der Waals surface area (Å²) in [6, 6.07) is 1.02. The smallest absolute Gasteiger partial charge is 0.0446 e. The first-order valence-corrected chi connectivity index (χ1v) is 6.73. The number of aliphatic hydroxyl groups is 1. The summed E-state index contributed by atoms with van der Waals surface area (Å²) >= 11 is 0. The fraction of sp³-hybridized carbons (Fsp3) is 1.00. The SMILES string of the molecule is CCCNC(CCO)CN(CCC)C(C)C. The van der Waals surface area contributed by atoms with Crippen LogP contribution in [0.4, 0.5) is 0 Å². The van der Waals surface area contributed by atoms with Crippen molar-refractivity contribution in [1.82, 2.24) is 10.2 Å². The van der Waals surface area contributed by atoms with Crippen molar-refractivity contribution in [2.45, 2.75) is 59.0 Å². The minimum Gasteiger partial charge on any atom is -0.396 e. The molecule has 0 saturated carbocycles. The molecule has 0 fully saturated rings. The zero-order valence-corrected chi connectivity index (χ0v) is 11.5. The van der Waals surface area contributed by atoms with Gasteiger partial charge in [0.15, 0.2) is 0 Å². The van der Waals surface area contributed by atoms with Crippen LogP contribution < -0.4 is 5.32 Å². The molecular weight excluding hydrogens is 200 g/mol. The van der Waals surface area contributed by atoms with Crippen LogP contribution in [-0.2, 0) is 0 Å². The van der Waals surface area contributed by atoms with Gasteiger partial charge < -0.3 is 10.4 Å². The second-order valence-electron chi connectivity index (χ2n) is 4.75. The minimum atomic E-state index is 0.277. The first-order valence-electron chi connectivity index (χ1n) is 6.73. The maximum atomic E-state index is 9.06. The second kappa shape index (κ2) is 10.1. The molecule has 0 radical (unpaired) electrons. The van der Waals surface area contributed by atoms with Gasteiger partial charge in [-0.25, -0.2) is 0 Å². The Labute approximate surface area is 101 Å². The summed E-state index contributed by atoms with van der Waals surface area (Å²) in [6.45, 7) is 12.4. The Kier molecular flexibility index (Phi) is 9.99. The molecule has 0 saturated heterocycles. The molecule has 0 heterocycles. The van der Waals surface area contributed by atoms with Crippen molar-refractivity contribution in [2.24, 2.45) is 0 Å². The Balaban J connectivity index is 4.09. The lowest BCUT2D eigenvalue weighted by molar-refractivity contribution is 0.178. The second-order valence-corrected chi connectivity index (χ2v) is 4.75. The van der Waals surface area contributed by atoms with Gasteiger partial charge in [-0.15, -0.1) is 0 Å². The maximum Gasteiger partial charge on any atom is 0.0446 e. The minimum absolute atomic E-state index is 0.277. The van der Waals surface area contributed by atoms with Crippen molar-refractivity contribution in [3.05, 3.63) is 0 Å². The van der Waals surface area contributed by atoms with Gasteiger partial charge in [0.05, 0.1) is 0 Å². The highest BCUT2D eigenvalue weighted by atomic mass is 16.3. The number of aliphatic hydroxyl groups excluding tert-OH is 1. The van der Waals surface area contributed by atoms with Gasteiger partial charge in [0, 0.05) is 25.2 Å². The molecule has 0 rings (SSSR count). The van der Waals surface area contributed by atoms with E-state index in [4.69, 9.17) is 5.11 Å². The highest BCUT2D eigenvalue weighted by Crippen LogP contribution is 2.04. The third-order valence-corrected chi connectivity index (χ3v) is 2.86. The van der Waals surface area contributed by atoms with Crippen molar-refractivity contribution in [3.63, 3.8) is 0 Å². The van der Waals surface area contributed by atoms with Crippen LogP contribution in [0.25, 0.3) is 0 Å². The highest BCUT2D eigenvalue weighted by molar-refractivity contribution is 4.74. The van der Waals surface area contributed by atoms with Crippen LogP contribution >= 0.6 is 0 Å². The van der Waals surface area contributed by atoms with Gasteiger partial charge in [0.1, 0.15) is 0 Å². The summed E-state index contributed by atoms with van der Waals surface area (Å²) in [4.78, 5) is 2.49. The van der Waals surface area contributed by atoms with E-state index >= 15 is 0 Å². The zero-order valence-electron chi connectivity index (χ0n) is 11.5. The van der Waals surface area contributed by atoms with Crippen LogP contribution in [0.15, 0.2) is 0 Å². The Morgan fingerprint density at radius 1 is 1.19 bits per heavy atom. The fourth-order valence-corrected chi connectivity index (χ4v) is 1.89. The highest BCUT2D eigenvalue weighted by Gasteiger charge is 2.14. The summed E-state index contributed by atoms with van der Waals surface area (Å²) < 4.78 is 0. The molecule has 3 nitrogen and oxygen atoms in total. The quantitative estimate of drug-likeness (QED) is 0.601. The van der Waals surface area contributed by atoms with Gasteiger partial charge in [0.25, 0.3) is 0 Å². The van der Waals surface area contributed by atoms with Crippen molar-refractivity contribution >= 4 is 0 Å². The molecule has 0 aliphatic heterocycles. The van der Waals surface area contributed by atoms with Gasteiger partial charge in [-0.3, -0.25) is 4.90 Å². The molecule has 0 aromatic rings. The predicted molar refractivity (Wildman–Crippen MR) is 70.8 cm³/mol. The summed E-state index contributed by atoms with van der Waals surface area (Å²) in [7, 11) is 0.